The average molecular weight is 429 g/mol. The second-order valence-corrected chi connectivity index (χ2v) is 7.19. The van der Waals surface area contributed by atoms with Crippen molar-refractivity contribution >= 4 is 22.4 Å². The number of aryl methyl sites for hydroxylation is 1. The van der Waals surface area contributed by atoms with Gasteiger partial charge in [0.05, 0.1) is 17.5 Å². The molecular formula is C21H14F3N3O2S. The SMILES string of the molecule is O=C(CCc1ncc(-c2ccc(F)cc2F)o1)Nc1nc(-c2ccc(F)cc2)cs1. The van der Waals surface area contributed by atoms with Gasteiger partial charge in [-0.3, -0.25) is 4.79 Å². The van der Waals surface area contributed by atoms with Crippen LogP contribution in [0.2, 0.25) is 0 Å². The van der Waals surface area contributed by atoms with Crippen molar-refractivity contribution in [1.29, 1.82) is 0 Å². The van der Waals surface area contributed by atoms with Crippen molar-refractivity contribution < 1.29 is 22.4 Å². The van der Waals surface area contributed by atoms with E-state index in [1.54, 1.807) is 17.5 Å². The van der Waals surface area contributed by atoms with Crippen molar-refractivity contribution in [2.45, 2.75) is 12.8 Å². The van der Waals surface area contributed by atoms with Crippen LogP contribution in [0.25, 0.3) is 22.6 Å². The first kappa shape index (κ1) is 19.8. The molecule has 30 heavy (non-hydrogen) atoms. The smallest absolute Gasteiger partial charge is 0.226 e. The Balaban J connectivity index is 1.34. The summed E-state index contributed by atoms with van der Waals surface area (Å²) in [5.41, 5.74) is 1.47. The average Bonchev–Trinajstić information content (AvgIpc) is 3.37. The molecule has 4 aromatic rings. The van der Waals surface area contributed by atoms with Crippen LogP contribution in [0.15, 0.2) is 58.5 Å². The van der Waals surface area contributed by atoms with Crippen LogP contribution in [-0.2, 0) is 11.2 Å². The van der Waals surface area contributed by atoms with Gasteiger partial charge in [-0.25, -0.2) is 23.1 Å². The second kappa shape index (κ2) is 8.50. The van der Waals surface area contributed by atoms with E-state index in [9.17, 15) is 18.0 Å². The molecule has 0 saturated carbocycles. The minimum Gasteiger partial charge on any atom is -0.441 e. The summed E-state index contributed by atoms with van der Waals surface area (Å²) in [5.74, 6) is -1.64. The van der Waals surface area contributed by atoms with Crippen LogP contribution < -0.4 is 5.32 Å². The number of halogens is 3. The first-order chi connectivity index (χ1) is 14.5. The van der Waals surface area contributed by atoms with E-state index in [0.29, 0.717) is 10.8 Å². The van der Waals surface area contributed by atoms with E-state index in [4.69, 9.17) is 4.42 Å². The third kappa shape index (κ3) is 4.57. The molecule has 0 saturated heterocycles. The van der Waals surface area contributed by atoms with Crippen molar-refractivity contribution in [3.8, 4) is 22.6 Å². The number of benzene rings is 2. The molecule has 152 valence electrons. The van der Waals surface area contributed by atoms with Crippen LogP contribution in [0.1, 0.15) is 12.3 Å². The molecule has 0 aliphatic carbocycles. The van der Waals surface area contributed by atoms with E-state index in [0.717, 1.165) is 17.7 Å². The molecule has 0 radical (unpaired) electrons. The van der Waals surface area contributed by atoms with Crippen LogP contribution >= 0.6 is 11.3 Å². The highest BCUT2D eigenvalue weighted by Gasteiger charge is 2.14. The topological polar surface area (TPSA) is 68.0 Å². The molecule has 0 bridgehead atoms. The monoisotopic (exact) mass is 429 g/mol. The Morgan fingerprint density at radius 1 is 1.07 bits per heavy atom. The summed E-state index contributed by atoms with van der Waals surface area (Å²) in [5, 5.41) is 4.87. The lowest BCUT2D eigenvalue weighted by Gasteiger charge is -2.01. The van der Waals surface area contributed by atoms with Gasteiger partial charge in [-0.2, -0.15) is 0 Å². The molecule has 2 aromatic heterocycles. The summed E-state index contributed by atoms with van der Waals surface area (Å²) in [6.45, 7) is 0. The largest absolute Gasteiger partial charge is 0.441 e. The maximum Gasteiger partial charge on any atom is 0.226 e. The molecule has 9 heteroatoms. The molecule has 0 aliphatic rings. The van der Waals surface area contributed by atoms with Gasteiger partial charge in [-0.05, 0) is 36.4 Å². The van der Waals surface area contributed by atoms with Gasteiger partial charge in [-0.1, -0.05) is 0 Å². The predicted octanol–water partition coefficient (Wildman–Crippen LogP) is 5.45. The van der Waals surface area contributed by atoms with Crippen LogP contribution in [0.3, 0.4) is 0 Å². The lowest BCUT2D eigenvalue weighted by molar-refractivity contribution is -0.116. The number of anilines is 1. The molecule has 0 atom stereocenters. The number of hydrogen-bond acceptors (Lipinski definition) is 5. The molecule has 0 aliphatic heterocycles. The number of hydrogen-bond donors (Lipinski definition) is 1. The summed E-state index contributed by atoms with van der Waals surface area (Å²) in [7, 11) is 0. The van der Waals surface area contributed by atoms with Crippen LogP contribution in [-0.4, -0.2) is 15.9 Å². The molecule has 0 fully saturated rings. The Labute approximate surface area is 173 Å². The van der Waals surface area contributed by atoms with Crippen LogP contribution in [0, 0.1) is 17.5 Å². The van der Waals surface area contributed by atoms with Crippen molar-refractivity contribution in [3.05, 3.63) is 77.4 Å². The Bertz CT molecular complexity index is 1190. The van der Waals surface area contributed by atoms with E-state index in [2.05, 4.69) is 15.3 Å². The Hall–Kier alpha value is -3.46. The zero-order chi connectivity index (χ0) is 21.1. The van der Waals surface area contributed by atoms with Gasteiger partial charge >= 0.3 is 0 Å². The van der Waals surface area contributed by atoms with Gasteiger partial charge in [0.15, 0.2) is 16.8 Å². The molecule has 0 spiro atoms. The summed E-state index contributed by atoms with van der Waals surface area (Å²) >= 11 is 1.25. The number of amides is 1. The zero-order valence-electron chi connectivity index (χ0n) is 15.4. The third-order valence-electron chi connectivity index (χ3n) is 4.21. The summed E-state index contributed by atoms with van der Waals surface area (Å²) in [4.78, 5) is 20.5. The Kier molecular flexibility index (Phi) is 5.62. The molecule has 1 amide bonds. The van der Waals surface area contributed by atoms with Crippen molar-refractivity contribution in [2.24, 2.45) is 0 Å². The molecular weight excluding hydrogens is 415 g/mol. The van der Waals surface area contributed by atoms with Gasteiger partial charge in [0, 0.05) is 29.9 Å². The van der Waals surface area contributed by atoms with Gasteiger partial charge in [0.1, 0.15) is 17.5 Å². The first-order valence-corrected chi connectivity index (χ1v) is 9.77. The standard InChI is InChI=1S/C21H14F3N3O2S/c22-13-3-1-12(2-4-13)17-11-30-21(26-17)27-19(28)7-8-20-25-10-18(29-20)15-6-5-14(23)9-16(15)24/h1-6,9-11H,7-8H2,(H,26,27,28). The maximum atomic E-state index is 13.8. The number of nitrogens with one attached hydrogen (secondary N) is 1. The lowest BCUT2D eigenvalue weighted by atomic mass is 10.2. The third-order valence-corrected chi connectivity index (χ3v) is 4.96. The molecule has 0 unspecified atom stereocenters. The highest BCUT2D eigenvalue weighted by atomic mass is 32.1. The quantitative estimate of drug-likeness (QED) is 0.442. The molecule has 5 nitrogen and oxygen atoms in total. The van der Waals surface area contributed by atoms with Crippen LogP contribution in [0.4, 0.5) is 18.3 Å². The Morgan fingerprint density at radius 3 is 2.60 bits per heavy atom. The highest BCUT2D eigenvalue weighted by molar-refractivity contribution is 7.14. The fourth-order valence-electron chi connectivity index (χ4n) is 2.73. The van der Waals surface area contributed by atoms with E-state index in [-0.39, 0.29) is 41.8 Å². The molecule has 1 N–H and O–H groups in total. The fraction of sp³-hybridized carbons (Fsp3) is 0.0952. The number of carbonyl (C=O) groups is 1. The summed E-state index contributed by atoms with van der Waals surface area (Å²) < 4.78 is 45.3. The number of thiazole rings is 1. The number of rotatable bonds is 6. The van der Waals surface area contributed by atoms with E-state index in [1.807, 2.05) is 0 Å². The first-order valence-electron chi connectivity index (χ1n) is 8.89. The number of oxazole rings is 1. The molecule has 2 heterocycles. The predicted molar refractivity (Wildman–Crippen MR) is 106 cm³/mol. The summed E-state index contributed by atoms with van der Waals surface area (Å²) in [6.07, 6.45) is 1.61. The zero-order valence-corrected chi connectivity index (χ0v) is 16.2. The van der Waals surface area contributed by atoms with Crippen LogP contribution in [0.5, 0.6) is 0 Å². The second-order valence-electron chi connectivity index (χ2n) is 6.34. The maximum absolute atomic E-state index is 13.8. The van der Waals surface area contributed by atoms with Crippen molar-refractivity contribution in [1.82, 2.24) is 9.97 Å². The van der Waals surface area contributed by atoms with Gasteiger partial charge < -0.3 is 9.73 Å². The molecule has 2 aromatic carbocycles. The minimum absolute atomic E-state index is 0.0807. The minimum atomic E-state index is -0.754. The summed E-state index contributed by atoms with van der Waals surface area (Å²) in [6, 6.07) is 9.06. The van der Waals surface area contributed by atoms with Gasteiger partial charge in [0.25, 0.3) is 0 Å². The lowest BCUT2D eigenvalue weighted by Crippen LogP contribution is -2.12. The number of nitrogens with zero attached hydrogens (tertiary/aromatic N) is 2. The molecule has 4 rings (SSSR count). The highest BCUT2D eigenvalue weighted by Crippen LogP contribution is 2.26. The van der Waals surface area contributed by atoms with E-state index in [1.165, 1.54) is 35.7 Å². The fourth-order valence-corrected chi connectivity index (χ4v) is 3.46. The van der Waals surface area contributed by atoms with Gasteiger partial charge in [0.2, 0.25) is 5.91 Å². The number of aromatic nitrogens is 2. The number of carbonyl (C=O) groups excluding carboxylic acids is 1. The normalized spacial score (nSPS) is 10.9. The van der Waals surface area contributed by atoms with Crippen molar-refractivity contribution in [2.75, 3.05) is 5.32 Å². The Morgan fingerprint density at radius 2 is 1.83 bits per heavy atom. The van der Waals surface area contributed by atoms with Crippen molar-refractivity contribution in [3.63, 3.8) is 0 Å². The van der Waals surface area contributed by atoms with E-state index >= 15 is 0 Å². The van der Waals surface area contributed by atoms with E-state index < -0.39 is 11.6 Å². The van der Waals surface area contributed by atoms with Gasteiger partial charge in [-0.15, -0.1) is 11.3 Å².